The third-order valence-electron chi connectivity index (χ3n) is 0.777. The maximum atomic E-state index is 5.47. The molecule has 0 unspecified atom stereocenters. The second kappa shape index (κ2) is 4.47. The fourth-order valence-corrected chi connectivity index (χ4v) is 0.911. The molecule has 0 heterocycles. The zero-order valence-corrected chi connectivity index (χ0v) is 5.79. The van der Waals surface area contributed by atoms with Gasteiger partial charge in [-0.15, -0.1) is 0 Å². The van der Waals surface area contributed by atoms with E-state index in [1.54, 1.807) is 0 Å². The molecule has 0 aromatic heterocycles. The van der Waals surface area contributed by atoms with Crippen molar-refractivity contribution in [2.24, 2.45) is 5.73 Å². The van der Waals surface area contributed by atoms with E-state index in [0.29, 0.717) is 6.04 Å². The van der Waals surface area contributed by atoms with Gasteiger partial charge in [-0.3, -0.25) is 0 Å². The van der Waals surface area contributed by atoms with Gasteiger partial charge in [-0.1, -0.05) is 0 Å². The second-order valence-corrected chi connectivity index (χ2v) is 2.74. The van der Waals surface area contributed by atoms with Crippen molar-refractivity contribution in [3.63, 3.8) is 0 Å². The van der Waals surface area contributed by atoms with Crippen LogP contribution in [-0.4, -0.2) is 18.1 Å². The van der Waals surface area contributed by atoms with Crippen molar-refractivity contribution in [3.05, 3.63) is 0 Å². The van der Waals surface area contributed by atoms with Crippen molar-refractivity contribution < 1.29 is 0 Å². The molecule has 0 aliphatic carbocycles. The van der Waals surface area contributed by atoms with Gasteiger partial charge in [-0.25, -0.2) is 0 Å². The maximum Gasteiger partial charge on any atom is 0.00183 e. The molecule has 1 atom stereocenters. The molecule has 0 spiro atoms. The molecule has 0 aromatic rings. The van der Waals surface area contributed by atoms with Crippen LogP contribution in [0.5, 0.6) is 0 Å². The molecule has 0 aliphatic heterocycles. The van der Waals surface area contributed by atoms with E-state index in [1.807, 2.05) is 18.7 Å². The quantitative estimate of drug-likeness (QED) is 0.601. The zero-order chi connectivity index (χ0) is 5.70. The van der Waals surface area contributed by atoms with Crippen molar-refractivity contribution in [3.8, 4) is 0 Å². The van der Waals surface area contributed by atoms with Crippen molar-refractivity contribution in [2.45, 2.75) is 19.4 Å². The molecule has 1 nitrogen and oxygen atoms in total. The summed E-state index contributed by atoms with van der Waals surface area (Å²) in [6, 6.07) is 0.382. The van der Waals surface area contributed by atoms with Gasteiger partial charge in [0, 0.05) is 6.04 Å². The number of nitrogens with two attached hydrogens (primary N) is 1. The third-order valence-corrected chi connectivity index (χ3v) is 1.42. The Bertz CT molecular complexity index is 37.1. The molecule has 44 valence electrons. The minimum atomic E-state index is 0.382. The molecule has 7 heavy (non-hydrogen) atoms. The van der Waals surface area contributed by atoms with E-state index >= 15 is 0 Å². The molecule has 0 fully saturated rings. The summed E-state index contributed by atoms with van der Waals surface area (Å²) >= 11 is 1.85. The highest BCUT2D eigenvalue weighted by Crippen LogP contribution is 1.96. The van der Waals surface area contributed by atoms with Crippen molar-refractivity contribution >= 4 is 11.8 Å². The average molecular weight is 119 g/mol. The SMILES string of the molecule is CSCC[C@@H](C)N. The Labute approximate surface area is 49.7 Å². The van der Waals surface area contributed by atoms with Crippen LogP contribution in [0, 0.1) is 0 Å². The molecule has 0 radical (unpaired) electrons. The topological polar surface area (TPSA) is 26.0 Å². The standard InChI is InChI=1S/C5H13NS/c1-5(6)3-4-7-2/h5H,3-4,6H2,1-2H3/t5-/m1/s1. The largest absolute Gasteiger partial charge is 0.328 e. The number of hydrogen-bond donors (Lipinski definition) is 1. The predicted octanol–water partition coefficient (Wildman–Crippen LogP) is 1.09. The Balaban J connectivity index is 2.68. The van der Waals surface area contributed by atoms with Crippen LogP contribution in [0.25, 0.3) is 0 Å². The van der Waals surface area contributed by atoms with Crippen LogP contribution in [-0.2, 0) is 0 Å². The normalized spacial score (nSPS) is 14.1. The van der Waals surface area contributed by atoms with E-state index in [2.05, 4.69) is 6.26 Å². The molecule has 0 saturated heterocycles. The van der Waals surface area contributed by atoms with E-state index < -0.39 is 0 Å². The first kappa shape index (κ1) is 7.31. The number of hydrogen-bond acceptors (Lipinski definition) is 2. The molecule has 2 heteroatoms. The van der Waals surface area contributed by atoms with Gasteiger partial charge < -0.3 is 5.73 Å². The summed E-state index contributed by atoms with van der Waals surface area (Å²) in [5, 5.41) is 0. The Hall–Kier alpha value is 0.310. The molecular formula is C5H13NS. The first-order chi connectivity index (χ1) is 3.27. The third kappa shape index (κ3) is 6.31. The van der Waals surface area contributed by atoms with Crippen LogP contribution in [0.2, 0.25) is 0 Å². The Morgan fingerprint density at radius 1 is 1.71 bits per heavy atom. The van der Waals surface area contributed by atoms with Crippen LogP contribution in [0.15, 0.2) is 0 Å². The van der Waals surface area contributed by atoms with Crippen LogP contribution in [0.4, 0.5) is 0 Å². The second-order valence-electron chi connectivity index (χ2n) is 1.76. The first-order valence-corrected chi connectivity index (χ1v) is 3.91. The highest BCUT2D eigenvalue weighted by Gasteiger charge is 1.89. The summed E-state index contributed by atoms with van der Waals surface area (Å²) in [5.41, 5.74) is 5.47. The maximum absolute atomic E-state index is 5.47. The summed E-state index contributed by atoms with van der Waals surface area (Å²) in [5.74, 6) is 1.19. The monoisotopic (exact) mass is 119 g/mol. The highest BCUT2D eigenvalue weighted by molar-refractivity contribution is 7.98. The summed E-state index contributed by atoms with van der Waals surface area (Å²) in [6.45, 7) is 2.04. The Kier molecular flexibility index (Phi) is 4.67. The minimum absolute atomic E-state index is 0.382. The lowest BCUT2D eigenvalue weighted by molar-refractivity contribution is 0.722. The van der Waals surface area contributed by atoms with Crippen LogP contribution in [0.3, 0.4) is 0 Å². The molecule has 2 N–H and O–H groups in total. The number of thioether (sulfide) groups is 1. The first-order valence-electron chi connectivity index (χ1n) is 2.52. The Morgan fingerprint density at radius 2 is 2.29 bits per heavy atom. The van der Waals surface area contributed by atoms with Crippen molar-refractivity contribution in [1.29, 1.82) is 0 Å². The van der Waals surface area contributed by atoms with Gasteiger partial charge in [0.1, 0.15) is 0 Å². The summed E-state index contributed by atoms with van der Waals surface area (Å²) in [7, 11) is 0. The number of rotatable bonds is 3. The zero-order valence-electron chi connectivity index (χ0n) is 4.98. The molecule has 0 aromatic carbocycles. The summed E-state index contributed by atoms with van der Waals surface area (Å²) in [6.07, 6.45) is 3.24. The van der Waals surface area contributed by atoms with Crippen molar-refractivity contribution in [1.82, 2.24) is 0 Å². The minimum Gasteiger partial charge on any atom is -0.328 e. The lowest BCUT2D eigenvalue weighted by atomic mass is 10.3. The molecule has 0 rings (SSSR count). The predicted molar refractivity (Wildman–Crippen MR) is 36.6 cm³/mol. The molecule has 0 aliphatic rings. The van der Waals surface area contributed by atoms with Crippen molar-refractivity contribution in [2.75, 3.05) is 12.0 Å². The molecular weight excluding hydrogens is 106 g/mol. The fraction of sp³-hybridized carbons (Fsp3) is 1.00. The molecule has 0 bridgehead atoms. The van der Waals surface area contributed by atoms with Gasteiger partial charge in [0.2, 0.25) is 0 Å². The van der Waals surface area contributed by atoms with E-state index in [0.717, 1.165) is 6.42 Å². The van der Waals surface area contributed by atoms with Gasteiger partial charge in [-0.2, -0.15) is 11.8 Å². The Morgan fingerprint density at radius 3 is 2.43 bits per heavy atom. The lowest BCUT2D eigenvalue weighted by Crippen LogP contribution is -2.14. The van der Waals surface area contributed by atoms with Gasteiger partial charge in [0.25, 0.3) is 0 Å². The van der Waals surface area contributed by atoms with E-state index in [-0.39, 0.29) is 0 Å². The average Bonchev–Trinajstić information content (AvgIpc) is 1.61. The summed E-state index contributed by atoms with van der Waals surface area (Å²) < 4.78 is 0. The van der Waals surface area contributed by atoms with E-state index in [9.17, 15) is 0 Å². The fourth-order valence-electron chi connectivity index (χ4n) is 0.304. The molecule has 0 amide bonds. The van der Waals surface area contributed by atoms with Crippen LogP contribution < -0.4 is 5.73 Å². The van der Waals surface area contributed by atoms with Gasteiger partial charge in [0.15, 0.2) is 0 Å². The smallest absolute Gasteiger partial charge is 0.00183 e. The van der Waals surface area contributed by atoms with E-state index in [1.165, 1.54) is 5.75 Å². The lowest BCUT2D eigenvalue weighted by Gasteiger charge is -1.99. The van der Waals surface area contributed by atoms with Gasteiger partial charge in [0.05, 0.1) is 0 Å². The highest BCUT2D eigenvalue weighted by atomic mass is 32.2. The summed E-state index contributed by atoms with van der Waals surface area (Å²) in [4.78, 5) is 0. The van der Waals surface area contributed by atoms with Crippen LogP contribution in [0.1, 0.15) is 13.3 Å². The van der Waals surface area contributed by atoms with Crippen LogP contribution >= 0.6 is 11.8 Å². The molecule has 0 saturated carbocycles. The van der Waals surface area contributed by atoms with Gasteiger partial charge >= 0.3 is 0 Å². The van der Waals surface area contributed by atoms with Gasteiger partial charge in [-0.05, 0) is 25.4 Å². The van der Waals surface area contributed by atoms with E-state index in [4.69, 9.17) is 5.73 Å².